The molecule has 1 saturated heterocycles. The highest BCUT2D eigenvalue weighted by Crippen LogP contribution is 2.26. The Balaban J connectivity index is 2.84. The van der Waals surface area contributed by atoms with E-state index in [2.05, 4.69) is 51.8 Å². The highest BCUT2D eigenvalue weighted by Gasteiger charge is 2.39. The Morgan fingerprint density at radius 1 is 1.22 bits per heavy atom. The third-order valence-corrected chi connectivity index (χ3v) is 4.23. The molecule has 3 heteroatoms. The molecule has 0 radical (unpaired) electrons. The molecule has 2 atom stereocenters. The number of ether oxygens (including phenoxy) is 1. The summed E-state index contributed by atoms with van der Waals surface area (Å²) in [6.45, 7) is 16.8. The molecule has 1 rings (SSSR count). The number of nitrogens with one attached hydrogen (secondary N) is 1. The first-order chi connectivity index (χ1) is 8.29. The fraction of sp³-hybridized carbons (Fsp3) is 1.00. The summed E-state index contributed by atoms with van der Waals surface area (Å²) in [7, 11) is 1.80. The van der Waals surface area contributed by atoms with Gasteiger partial charge in [-0.3, -0.25) is 4.90 Å². The van der Waals surface area contributed by atoms with Crippen LogP contribution in [0.1, 0.15) is 41.5 Å². The normalized spacial score (nSPS) is 27.2. The van der Waals surface area contributed by atoms with E-state index in [1.54, 1.807) is 7.11 Å². The van der Waals surface area contributed by atoms with Gasteiger partial charge < -0.3 is 10.1 Å². The first-order valence-electron chi connectivity index (χ1n) is 7.28. The van der Waals surface area contributed by atoms with Gasteiger partial charge in [-0.1, -0.05) is 27.7 Å². The van der Waals surface area contributed by atoms with Gasteiger partial charge in [-0.2, -0.15) is 0 Å². The molecule has 3 nitrogen and oxygen atoms in total. The Morgan fingerprint density at radius 2 is 1.83 bits per heavy atom. The van der Waals surface area contributed by atoms with Crippen molar-refractivity contribution in [2.75, 3.05) is 26.8 Å². The first-order valence-corrected chi connectivity index (χ1v) is 7.28. The van der Waals surface area contributed by atoms with Crippen LogP contribution >= 0.6 is 0 Å². The van der Waals surface area contributed by atoms with Gasteiger partial charge >= 0.3 is 0 Å². The lowest BCUT2D eigenvalue weighted by molar-refractivity contribution is -0.0349. The zero-order valence-corrected chi connectivity index (χ0v) is 13.3. The van der Waals surface area contributed by atoms with Gasteiger partial charge in [-0.15, -0.1) is 0 Å². The van der Waals surface area contributed by atoms with Crippen LogP contribution in [0, 0.1) is 11.8 Å². The average Bonchev–Trinajstić information content (AvgIpc) is 2.27. The van der Waals surface area contributed by atoms with Crippen LogP contribution in [-0.2, 0) is 4.74 Å². The Kier molecular flexibility index (Phi) is 5.63. The lowest BCUT2D eigenvalue weighted by atomic mass is 9.89. The summed E-state index contributed by atoms with van der Waals surface area (Å²) in [6.07, 6.45) is 0. The minimum atomic E-state index is 0.110. The molecule has 0 amide bonds. The Hall–Kier alpha value is -0.120. The molecule has 1 fully saturated rings. The number of piperazine rings is 1. The van der Waals surface area contributed by atoms with Crippen LogP contribution in [-0.4, -0.2) is 49.3 Å². The van der Waals surface area contributed by atoms with Crippen molar-refractivity contribution in [3.8, 4) is 0 Å². The van der Waals surface area contributed by atoms with Crippen LogP contribution in [0.3, 0.4) is 0 Å². The number of nitrogens with zero attached hydrogens (tertiary/aromatic N) is 1. The van der Waals surface area contributed by atoms with Crippen molar-refractivity contribution in [1.82, 2.24) is 10.2 Å². The van der Waals surface area contributed by atoms with Crippen molar-refractivity contribution in [3.05, 3.63) is 0 Å². The van der Waals surface area contributed by atoms with Gasteiger partial charge in [0.1, 0.15) is 0 Å². The lowest BCUT2D eigenvalue weighted by Gasteiger charge is -2.51. The zero-order valence-electron chi connectivity index (χ0n) is 13.3. The molecule has 0 aromatic rings. The van der Waals surface area contributed by atoms with Crippen LogP contribution in [0.4, 0.5) is 0 Å². The molecule has 18 heavy (non-hydrogen) atoms. The summed E-state index contributed by atoms with van der Waals surface area (Å²) in [5.74, 6) is 1.35. The van der Waals surface area contributed by atoms with Crippen molar-refractivity contribution in [2.24, 2.45) is 11.8 Å². The van der Waals surface area contributed by atoms with Crippen LogP contribution < -0.4 is 5.32 Å². The van der Waals surface area contributed by atoms with E-state index in [0.717, 1.165) is 19.7 Å². The second kappa shape index (κ2) is 6.36. The molecule has 1 aliphatic rings. The Morgan fingerprint density at radius 3 is 2.28 bits per heavy atom. The molecule has 0 aromatic heterocycles. The molecule has 0 aromatic carbocycles. The Bertz CT molecular complexity index is 251. The van der Waals surface area contributed by atoms with E-state index in [9.17, 15) is 0 Å². The van der Waals surface area contributed by atoms with Gasteiger partial charge in [0.25, 0.3) is 0 Å². The van der Waals surface area contributed by atoms with Crippen LogP contribution in [0.15, 0.2) is 0 Å². The van der Waals surface area contributed by atoms with Gasteiger partial charge in [0, 0.05) is 37.8 Å². The number of hydrogen-bond donors (Lipinski definition) is 1. The molecule has 108 valence electrons. The molecule has 0 aliphatic carbocycles. The average molecular weight is 256 g/mol. The summed E-state index contributed by atoms with van der Waals surface area (Å²) < 4.78 is 5.42. The van der Waals surface area contributed by atoms with Gasteiger partial charge in [-0.05, 0) is 25.7 Å². The number of methoxy groups -OCH3 is 1. The standard InChI is InChI=1S/C15H32N2O/c1-11(2)13-9-17(15(5,6)10-18-7)14(8-16-13)12(3)4/h11-14,16H,8-10H2,1-7H3. The maximum absolute atomic E-state index is 5.42. The molecule has 0 saturated carbocycles. The van der Waals surface area contributed by atoms with Crippen molar-refractivity contribution < 1.29 is 4.74 Å². The molecule has 2 unspecified atom stereocenters. The lowest BCUT2D eigenvalue weighted by Crippen LogP contribution is -2.66. The number of hydrogen-bond acceptors (Lipinski definition) is 3. The monoisotopic (exact) mass is 256 g/mol. The smallest absolute Gasteiger partial charge is 0.0641 e. The highest BCUT2D eigenvalue weighted by atomic mass is 16.5. The van der Waals surface area contributed by atoms with Crippen molar-refractivity contribution >= 4 is 0 Å². The Labute approximate surface area is 113 Å². The molecular weight excluding hydrogens is 224 g/mol. The van der Waals surface area contributed by atoms with E-state index in [-0.39, 0.29) is 5.54 Å². The van der Waals surface area contributed by atoms with Crippen LogP contribution in [0.2, 0.25) is 0 Å². The summed E-state index contributed by atoms with van der Waals surface area (Å²) in [5, 5.41) is 3.71. The summed E-state index contributed by atoms with van der Waals surface area (Å²) in [6, 6.07) is 1.20. The van der Waals surface area contributed by atoms with E-state index >= 15 is 0 Å². The quantitative estimate of drug-likeness (QED) is 0.817. The second-order valence-corrected chi connectivity index (χ2v) is 6.97. The van der Waals surface area contributed by atoms with E-state index in [1.165, 1.54) is 0 Å². The topological polar surface area (TPSA) is 24.5 Å². The van der Waals surface area contributed by atoms with Crippen LogP contribution in [0.25, 0.3) is 0 Å². The summed E-state index contributed by atoms with van der Waals surface area (Å²) in [5.41, 5.74) is 0.110. The minimum absolute atomic E-state index is 0.110. The van der Waals surface area contributed by atoms with Gasteiger partial charge in [-0.25, -0.2) is 0 Å². The molecule has 0 bridgehead atoms. The predicted octanol–water partition coefficient (Wildman–Crippen LogP) is 2.37. The largest absolute Gasteiger partial charge is 0.383 e. The minimum Gasteiger partial charge on any atom is -0.383 e. The highest BCUT2D eigenvalue weighted by molar-refractivity contribution is 4.96. The van der Waals surface area contributed by atoms with Crippen molar-refractivity contribution in [2.45, 2.75) is 59.2 Å². The summed E-state index contributed by atoms with van der Waals surface area (Å²) >= 11 is 0. The fourth-order valence-electron chi connectivity index (χ4n) is 2.97. The summed E-state index contributed by atoms with van der Waals surface area (Å²) in [4.78, 5) is 2.66. The predicted molar refractivity (Wildman–Crippen MR) is 77.9 cm³/mol. The molecule has 1 N–H and O–H groups in total. The van der Waals surface area contributed by atoms with E-state index in [0.29, 0.717) is 23.9 Å². The maximum atomic E-state index is 5.42. The SMILES string of the molecule is COCC(C)(C)N1CC(C(C)C)NCC1C(C)C. The second-order valence-electron chi connectivity index (χ2n) is 6.97. The van der Waals surface area contributed by atoms with Crippen molar-refractivity contribution in [1.29, 1.82) is 0 Å². The van der Waals surface area contributed by atoms with Gasteiger partial charge in [0.15, 0.2) is 0 Å². The van der Waals surface area contributed by atoms with E-state index in [4.69, 9.17) is 4.74 Å². The van der Waals surface area contributed by atoms with E-state index < -0.39 is 0 Å². The van der Waals surface area contributed by atoms with Gasteiger partial charge in [0.2, 0.25) is 0 Å². The maximum Gasteiger partial charge on any atom is 0.0641 e. The fourth-order valence-corrected chi connectivity index (χ4v) is 2.97. The number of rotatable bonds is 5. The third-order valence-electron chi connectivity index (χ3n) is 4.23. The molecular formula is C15H32N2O. The molecule has 1 heterocycles. The molecule has 0 spiro atoms. The van der Waals surface area contributed by atoms with Gasteiger partial charge in [0.05, 0.1) is 6.61 Å². The van der Waals surface area contributed by atoms with Crippen molar-refractivity contribution in [3.63, 3.8) is 0 Å². The van der Waals surface area contributed by atoms with E-state index in [1.807, 2.05) is 0 Å². The third kappa shape index (κ3) is 3.69. The van der Waals surface area contributed by atoms with Crippen LogP contribution in [0.5, 0.6) is 0 Å². The first kappa shape index (κ1) is 15.9. The zero-order chi connectivity index (χ0) is 13.9. The molecule has 1 aliphatic heterocycles.